The van der Waals surface area contributed by atoms with E-state index in [-0.39, 0.29) is 16.5 Å². The molecule has 0 spiro atoms. The topological polar surface area (TPSA) is 79.0 Å². The lowest BCUT2D eigenvalue weighted by molar-refractivity contribution is 0.572. The minimum atomic E-state index is -3.49. The average molecular weight is 256 g/mol. The van der Waals surface area contributed by atoms with Crippen LogP contribution in [0.15, 0.2) is 28.0 Å². The molecule has 1 aliphatic rings. The Hall–Kier alpha value is -1.14. The van der Waals surface area contributed by atoms with Crippen LogP contribution in [0.1, 0.15) is 26.2 Å². The maximum atomic E-state index is 11.9. The van der Waals surface area contributed by atoms with Crippen molar-refractivity contribution in [3.05, 3.63) is 28.7 Å². The Kier molecular flexibility index (Phi) is 3.35. The summed E-state index contributed by atoms with van der Waals surface area (Å²) in [5.74, 6) is 0.470. The standard InChI is InChI=1S/C11H16N2O3S/c1-2-3-8-6-10(8)13-17(15,16)9-4-5-11(14)12-7-9/h4-5,7-8,10,13H,2-3,6H2,1H3,(H,12,14). The van der Waals surface area contributed by atoms with Crippen molar-refractivity contribution in [2.24, 2.45) is 5.92 Å². The second-order valence-corrected chi connectivity index (χ2v) is 6.11. The van der Waals surface area contributed by atoms with Gasteiger partial charge in [-0.05, 0) is 24.8 Å². The lowest BCUT2D eigenvalue weighted by Gasteiger charge is -2.05. The zero-order valence-corrected chi connectivity index (χ0v) is 10.5. The van der Waals surface area contributed by atoms with E-state index in [0.717, 1.165) is 19.3 Å². The molecule has 1 fully saturated rings. The molecule has 17 heavy (non-hydrogen) atoms. The third kappa shape index (κ3) is 2.95. The lowest BCUT2D eigenvalue weighted by Crippen LogP contribution is -2.27. The molecule has 0 radical (unpaired) electrons. The Morgan fingerprint density at radius 2 is 2.24 bits per heavy atom. The molecular weight excluding hydrogens is 240 g/mol. The average Bonchev–Trinajstić information content (AvgIpc) is 2.96. The molecule has 5 nitrogen and oxygen atoms in total. The van der Waals surface area contributed by atoms with Gasteiger partial charge in [0.05, 0.1) is 4.90 Å². The molecule has 1 aromatic heterocycles. The molecule has 0 aromatic carbocycles. The summed E-state index contributed by atoms with van der Waals surface area (Å²) in [6.45, 7) is 2.09. The summed E-state index contributed by atoms with van der Waals surface area (Å²) in [6, 6.07) is 2.59. The van der Waals surface area contributed by atoms with Gasteiger partial charge in [-0.25, -0.2) is 13.1 Å². The molecule has 2 N–H and O–H groups in total. The summed E-state index contributed by atoms with van der Waals surface area (Å²) >= 11 is 0. The van der Waals surface area contributed by atoms with Crippen molar-refractivity contribution < 1.29 is 8.42 Å². The number of aromatic nitrogens is 1. The monoisotopic (exact) mass is 256 g/mol. The van der Waals surface area contributed by atoms with Gasteiger partial charge in [-0.3, -0.25) is 4.79 Å². The van der Waals surface area contributed by atoms with E-state index in [1.165, 1.54) is 18.3 Å². The summed E-state index contributed by atoms with van der Waals surface area (Å²) in [5.41, 5.74) is -0.306. The van der Waals surface area contributed by atoms with Crippen molar-refractivity contribution in [2.75, 3.05) is 0 Å². The van der Waals surface area contributed by atoms with Crippen LogP contribution in [0.3, 0.4) is 0 Å². The van der Waals surface area contributed by atoms with Gasteiger partial charge < -0.3 is 4.98 Å². The highest BCUT2D eigenvalue weighted by molar-refractivity contribution is 7.89. The second-order valence-electron chi connectivity index (χ2n) is 4.40. The van der Waals surface area contributed by atoms with Crippen molar-refractivity contribution in [1.29, 1.82) is 0 Å². The maximum absolute atomic E-state index is 11.9. The van der Waals surface area contributed by atoms with Crippen molar-refractivity contribution in [1.82, 2.24) is 9.71 Å². The predicted molar refractivity (Wildman–Crippen MR) is 64.2 cm³/mol. The Balaban J connectivity index is 2.05. The van der Waals surface area contributed by atoms with Gasteiger partial charge in [-0.2, -0.15) is 0 Å². The van der Waals surface area contributed by atoms with Gasteiger partial charge in [0.1, 0.15) is 0 Å². The Morgan fingerprint density at radius 3 is 2.82 bits per heavy atom. The van der Waals surface area contributed by atoms with Gasteiger partial charge >= 0.3 is 0 Å². The predicted octanol–water partition coefficient (Wildman–Crippen LogP) is 0.842. The maximum Gasteiger partial charge on any atom is 0.247 e. The van der Waals surface area contributed by atoms with Crippen molar-refractivity contribution in [3.8, 4) is 0 Å². The molecular formula is C11H16N2O3S. The van der Waals surface area contributed by atoms with Gasteiger partial charge in [-0.15, -0.1) is 0 Å². The largest absolute Gasteiger partial charge is 0.328 e. The van der Waals surface area contributed by atoms with Crippen molar-refractivity contribution in [3.63, 3.8) is 0 Å². The van der Waals surface area contributed by atoms with Crippen LogP contribution in [0.25, 0.3) is 0 Å². The summed E-state index contributed by atoms with van der Waals surface area (Å²) in [6.07, 6.45) is 4.26. The minimum Gasteiger partial charge on any atom is -0.328 e. The van der Waals surface area contributed by atoms with Crippen LogP contribution in [-0.2, 0) is 10.0 Å². The number of H-pyrrole nitrogens is 1. The van der Waals surface area contributed by atoms with E-state index >= 15 is 0 Å². The van der Waals surface area contributed by atoms with Gasteiger partial charge in [0.2, 0.25) is 15.6 Å². The number of rotatable bonds is 5. The minimum absolute atomic E-state index is 0.0619. The fourth-order valence-corrected chi connectivity index (χ4v) is 3.20. The first-order valence-electron chi connectivity index (χ1n) is 5.74. The molecule has 0 bridgehead atoms. The van der Waals surface area contributed by atoms with Gasteiger partial charge in [-0.1, -0.05) is 13.3 Å². The normalized spacial score (nSPS) is 23.6. The molecule has 0 saturated heterocycles. The third-order valence-electron chi connectivity index (χ3n) is 2.95. The Morgan fingerprint density at radius 1 is 1.47 bits per heavy atom. The SMILES string of the molecule is CCCC1CC1NS(=O)(=O)c1ccc(=O)[nH]c1. The van der Waals surface area contributed by atoms with Crippen molar-refractivity contribution in [2.45, 2.75) is 37.1 Å². The van der Waals surface area contributed by atoms with Gasteiger partial charge in [0.25, 0.3) is 0 Å². The first-order valence-corrected chi connectivity index (χ1v) is 7.22. The van der Waals surface area contributed by atoms with Crippen molar-refractivity contribution >= 4 is 10.0 Å². The summed E-state index contributed by atoms with van der Waals surface area (Å²) < 4.78 is 26.5. The highest BCUT2D eigenvalue weighted by Crippen LogP contribution is 2.35. The van der Waals surface area contributed by atoms with E-state index in [9.17, 15) is 13.2 Å². The van der Waals surface area contributed by atoms with E-state index < -0.39 is 10.0 Å². The van der Waals surface area contributed by atoms with Gasteiger partial charge in [0, 0.05) is 18.3 Å². The summed E-state index contributed by atoms with van der Waals surface area (Å²) in [5, 5.41) is 0. The van der Waals surface area contributed by atoms with Crippen LogP contribution in [0, 0.1) is 5.92 Å². The molecule has 6 heteroatoms. The number of pyridine rings is 1. The fourth-order valence-electron chi connectivity index (χ4n) is 1.91. The quantitative estimate of drug-likeness (QED) is 0.819. The highest BCUT2D eigenvalue weighted by Gasteiger charge is 2.39. The molecule has 0 amide bonds. The van der Waals surface area contributed by atoms with Crippen LogP contribution in [0.2, 0.25) is 0 Å². The summed E-state index contributed by atoms with van der Waals surface area (Å²) in [7, 11) is -3.49. The first kappa shape index (κ1) is 12.3. The zero-order chi connectivity index (χ0) is 12.5. The molecule has 2 unspecified atom stereocenters. The van der Waals surface area contributed by atoms with E-state index in [1.54, 1.807) is 0 Å². The Bertz CT molecular complexity index is 530. The zero-order valence-electron chi connectivity index (χ0n) is 9.64. The molecule has 1 aliphatic carbocycles. The van der Waals surface area contributed by atoms with Crippen LogP contribution in [0.5, 0.6) is 0 Å². The molecule has 2 rings (SSSR count). The highest BCUT2D eigenvalue weighted by atomic mass is 32.2. The second kappa shape index (κ2) is 4.62. The van der Waals surface area contributed by atoms with Crippen LogP contribution < -0.4 is 10.3 Å². The number of aromatic amines is 1. The fraction of sp³-hybridized carbons (Fsp3) is 0.545. The summed E-state index contributed by atoms with van der Waals surface area (Å²) in [4.78, 5) is 13.3. The molecule has 94 valence electrons. The van der Waals surface area contributed by atoms with E-state index in [1.807, 2.05) is 0 Å². The van der Waals surface area contributed by atoms with Crippen LogP contribution >= 0.6 is 0 Å². The van der Waals surface area contributed by atoms with E-state index in [2.05, 4.69) is 16.6 Å². The number of hydrogen-bond acceptors (Lipinski definition) is 3. The van der Waals surface area contributed by atoms with Crippen LogP contribution in [-0.4, -0.2) is 19.4 Å². The van der Waals surface area contributed by atoms with E-state index in [0.29, 0.717) is 5.92 Å². The smallest absolute Gasteiger partial charge is 0.247 e. The third-order valence-corrected chi connectivity index (χ3v) is 4.44. The van der Waals surface area contributed by atoms with Gasteiger partial charge in [0.15, 0.2) is 0 Å². The number of nitrogens with one attached hydrogen (secondary N) is 2. The van der Waals surface area contributed by atoms with Crippen LogP contribution in [0.4, 0.5) is 0 Å². The van der Waals surface area contributed by atoms with E-state index in [4.69, 9.17) is 0 Å². The first-order chi connectivity index (χ1) is 8.03. The molecule has 0 aliphatic heterocycles. The Labute approximate surface area is 100 Å². The number of sulfonamides is 1. The molecule has 1 saturated carbocycles. The molecule has 2 atom stereocenters. The molecule has 1 aromatic rings. The molecule has 1 heterocycles. The number of hydrogen-bond donors (Lipinski definition) is 2. The lowest BCUT2D eigenvalue weighted by atomic mass is 10.2.